The summed E-state index contributed by atoms with van der Waals surface area (Å²) in [5.41, 5.74) is -0.133. The molecular formula is C5H3N3OS. The molecule has 4 nitrogen and oxygen atoms in total. The molecule has 0 aromatic carbocycles. The molecule has 0 aliphatic heterocycles. The highest BCUT2D eigenvalue weighted by atomic mass is 32.1. The second-order valence-corrected chi connectivity index (χ2v) is 2.59. The third-order valence-electron chi connectivity index (χ3n) is 1.11. The standard InChI is InChI=1S/C5H3N3OS/c9-4-1-2-10-5-6-3-7-8(4)5/h1-3H. The van der Waals surface area contributed by atoms with E-state index in [1.807, 2.05) is 0 Å². The molecule has 0 saturated heterocycles. The van der Waals surface area contributed by atoms with Crippen molar-refractivity contribution in [3.63, 3.8) is 0 Å². The van der Waals surface area contributed by atoms with Gasteiger partial charge in [-0.25, -0.2) is 4.98 Å². The topological polar surface area (TPSA) is 47.3 Å². The van der Waals surface area contributed by atoms with Crippen molar-refractivity contribution in [2.45, 2.75) is 0 Å². The molecule has 2 aromatic rings. The molecule has 0 saturated carbocycles. The predicted octanol–water partition coefficient (Wildman–Crippen LogP) is 0.151. The average molecular weight is 153 g/mol. The van der Waals surface area contributed by atoms with Gasteiger partial charge in [0.1, 0.15) is 6.33 Å². The Morgan fingerprint density at radius 1 is 1.60 bits per heavy atom. The smallest absolute Gasteiger partial charge is 0.267 e. The lowest BCUT2D eigenvalue weighted by atomic mass is 10.7. The molecule has 0 aliphatic carbocycles. The van der Waals surface area contributed by atoms with Crippen molar-refractivity contribution < 1.29 is 0 Å². The molecule has 50 valence electrons. The first-order valence-electron chi connectivity index (χ1n) is 2.65. The molecular weight excluding hydrogens is 150 g/mol. The first-order valence-corrected chi connectivity index (χ1v) is 3.53. The number of hydrogen-bond donors (Lipinski definition) is 0. The van der Waals surface area contributed by atoms with E-state index in [1.165, 1.54) is 28.2 Å². The Balaban J connectivity index is 3.09. The molecule has 0 spiro atoms. The van der Waals surface area contributed by atoms with E-state index in [9.17, 15) is 4.79 Å². The third kappa shape index (κ3) is 0.640. The van der Waals surface area contributed by atoms with Crippen LogP contribution in [-0.4, -0.2) is 14.6 Å². The molecule has 5 heteroatoms. The van der Waals surface area contributed by atoms with Gasteiger partial charge in [-0.05, 0) is 5.38 Å². The highest BCUT2D eigenvalue weighted by Gasteiger charge is 1.95. The van der Waals surface area contributed by atoms with E-state index in [2.05, 4.69) is 10.1 Å². The zero-order valence-corrected chi connectivity index (χ0v) is 5.71. The van der Waals surface area contributed by atoms with E-state index in [0.29, 0.717) is 4.96 Å². The quantitative estimate of drug-likeness (QED) is 0.541. The molecule has 2 heterocycles. The van der Waals surface area contributed by atoms with Crippen LogP contribution >= 0.6 is 11.3 Å². The zero-order chi connectivity index (χ0) is 6.97. The van der Waals surface area contributed by atoms with Gasteiger partial charge in [0.2, 0.25) is 4.96 Å². The lowest BCUT2D eigenvalue weighted by molar-refractivity contribution is 0.929. The van der Waals surface area contributed by atoms with E-state index in [4.69, 9.17) is 0 Å². The monoisotopic (exact) mass is 153 g/mol. The summed E-state index contributed by atoms with van der Waals surface area (Å²) in [4.78, 5) is 15.4. The van der Waals surface area contributed by atoms with E-state index in [0.717, 1.165) is 0 Å². The normalized spacial score (nSPS) is 10.4. The summed E-state index contributed by atoms with van der Waals surface area (Å²) in [7, 11) is 0. The van der Waals surface area contributed by atoms with E-state index < -0.39 is 0 Å². The van der Waals surface area contributed by atoms with E-state index in [1.54, 1.807) is 5.38 Å². The van der Waals surface area contributed by atoms with Gasteiger partial charge in [-0.15, -0.1) is 11.3 Å². The molecule has 0 unspecified atom stereocenters. The van der Waals surface area contributed by atoms with Crippen LogP contribution in [0.25, 0.3) is 4.96 Å². The van der Waals surface area contributed by atoms with Gasteiger partial charge >= 0.3 is 0 Å². The first kappa shape index (κ1) is 5.55. The maximum absolute atomic E-state index is 10.9. The van der Waals surface area contributed by atoms with Crippen LogP contribution < -0.4 is 5.56 Å². The van der Waals surface area contributed by atoms with Gasteiger partial charge in [0.15, 0.2) is 0 Å². The van der Waals surface area contributed by atoms with Gasteiger partial charge in [0.25, 0.3) is 5.56 Å². The van der Waals surface area contributed by atoms with Crippen LogP contribution in [0.15, 0.2) is 22.6 Å². The van der Waals surface area contributed by atoms with Crippen LogP contribution in [0, 0.1) is 0 Å². The summed E-state index contributed by atoms with van der Waals surface area (Å²) < 4.78 is 1.27. The largest absolute Gasteiger partial charge is 0.274 e. The zero-order valence-electron chi connectivity index (χ0n) is 4.89. The van der Waals surface area contributed by atoms with Crippen LogP contribution in [0.3, 0.4) is 0 Å². The molecule has 0 bridgehead atoms. The fraction of sp³-hybridized carbons (Fsp3) is 0. The highest BCUT2D eigenvalue weighted by molar-refractivity contribution is 7.14. The van der Waals surface area contributed by atoms with Crippen molar-refractivity contribution in [3.05, 3.63) is 28.1 Å². The summed E-state index contributed by atoms with van der Waals surface area (Å²) in [5, 5.41) is 5.42. The number of hydrogen-bond acceptors (Lipinski definition) is 4. The van der Waals surface area contributed by atoms with Gasteiger partial charge in [0.05, 0.1) is 0 Å². The Morgan fingerprint density at radius 2 is 2.50 bits per heavy atom. The SMILES string of the molecule is O=c1ccsc2ncnn12. The van der Waals surface area contributed by atoms with Crippen LogP contribution in [0.2, 0.25) is 0 Å². The van der Waals surface area contributed by atoms with Gasteiger partial charge < -0.3 is 0 Å². The average Bonchev–Trinajstić information content (AvgIpc) is 2.36. The van der Waals surface area contributed by atoms with Crippen LogP contribution in [0.5, 0.6) is 0 Å². The Bertz CT molecular complexity index is 404. The lowest BCUT2D eigenvalue weighted by Gasteiger charge is -1.82. The van der Waals surface area contributed by atoms with Crippen LogP contribution in [-0.2, 0) is 0 Å². The summed E-state index contributed by atoms with van der Waals surface area (Å²) in [6.45, 7) is 0. The number of nitrogens with zero attached hydrogens (tertiary/aromatic N) is 3. The van der Waals surface area contributed by atoms with Crippen molar-refractivity contribution in [1.82, 2.24) is 14.6 Å². The van der Waals surface area contributed by atoms with Crippen molar-refractivity contribution in [1.29, 1.82) is 0 Å². The molecule has 2 rings (SSSR count). The Morgan fingerprint density at radius 3 is 3.30 bits per heavy atom. The van der Waals surface area contributed by atoms with Crippen LogP contribution in [0.1, 0.15) is 0 Å². The van der Waals surface area contributed by atoms with Crippen molar-refractivity contribution in [3.8, 4) is 0 Å². The molecule has 10 heavy (non-hydrogen) atoms. The van der Waals surface area contributed by atoms with E-state index >= 15 is 0 Å². The lowest BCUT2D eigenvalue weighted by Crippen LogP contribution is -2.09. The summed E-state index contributed by atoms with van der Waals surface area (Å²) >= 11 is 1.39. The second kappa shape index (κ2) is 1.88. The minimum atomic E-state index is -0.133. The molecule has 0 fully saturated rings. The molecule has 0 N–H and O–H groups in total. The molecule has 0 atom stereocenters. The highest BCUT2D eigenvalue weighted by Crippen LogP contribution is 1.99. The molecule has 0 radical (unpaired) electrons. The number of aromatic nitrogens is 3. The fourth-order valence-electron chi connectivity index (χ4n) is 0.686. The summed E-state index contributed by atoms with van der Waals surface area (Å²) in [6.07, 6.45) is 1.37. The predicted molar refractivity (Wildman–Crippen MR) is 37.1 cm³/mol. The van der Waals surface area contributed by atoms with E-state index in [-0.39, 0.29) is 5.56 Å². The fourth-order valence-corrected chi connectivity index (χ4v) is 1.34. The van der Waals surface area contributed by atoms with Gasteiger partial charge in [-0.3, -0.25) is 4.79 Å². The Hall–Kier alpha value is -1.23. The summed E-state index contributed by atoms with van der Waals surface area (Å²) in [6, 6.07) is 1.46. The van der Waals surface area contributed by atoms with Gasteiger partial charge in [0, 0.05) is 6.07 Å². The number of rotatable bonds is 0. The second-order valence-electron chi connectivity index (χ2n) is 1.71. The molecule has 2 aromatic heterocycles. The van der Waals surface area contributed by atoms with Crippen molar-refractivity contribution >= 4 is 16.3 Å². The minimum Gasteiger partial charge on any atom is -0.267 e. The third-order valence-corrected chi connectivity index (χ3v) is 1.87. The summed E-state index contributed by atoms with van der Waals surface area (Å²) in [5.74, 6) is 0. The minimum absolute atomic E-state index is 0.133. The molecule has 0 aliphatic rings. The van der Waals surface area contributed by atoms with Crippen molar-refractivity contribution in [2.75, 3.05) is 0 Å². The van der Waals surface area contributed by atoms with Crippen molar-refractivity contribution in [2.24, 2.45) is 0 Å². The first-order chi connectivity index (χ1) is 4.88. The molecule has 0 amide bonds. The number of fused-ring (bicyclic) bond motifs is 1. The van der Waals surface area contributed by atoms with Gasteiger partial charge in [-0.2, -0.15) is 9.61 Å². The maximum Gasteiger partial charge on any atom is 0.274 e. The Kier molecular flexibility index (Phi) is 1.04. The van der Waals surface area contributed by atoms with Crippen LogP contribution in [0.4, 0.5) is 0 Å². The van der Waals surface area contributed by atoms with Gasteiger partial charge in [-0.1, -0.05) is 0 Å². The Labute approximate surface area is 59.8 Å². The maximum atomic E-state index is 10.9.